The molecule has 0 saturated carbocycles. The number of anilines is 1. The van der Waals surface area contributed by atoms with Crippen LogP contribution in [-0.2, 0) is 6.54 Å². The van der Waals surface area contributed by atoms with Crippen LogP contribution in [0.15, 0.2) is 43.0 Å². The second-order valence-corrected chi connectivity index (χ2v) is 3.22. The molecule has 4 nitrogen and oxygen atoms in total. The highest BCUT2D eigenvalue weighted by molar-refractivity contribution is 5.85. The molecule has 0 saturated heterocycles. The largest absolute Gasteiger partial charge is 0.492 e. The van der Waals surface area contributed by atoms with Crippen molar-refractivity contribution in [2.45, 2.75) is 6.54 Å². The molecule has 94 valence electrons. The number of nitrogens with two attached hydrogens (primary N) is 1. The minimum Gasteiger partial charge on any atom is -0.492 e. The fourth-order valence-corrected chi connectivity index (χ4v) is 1.25. The second kappa shape index (κ2) is 7.81. The summed E-state index contributed by atoms with van der Waals surface area (Å²) in [5.41, 5.74) is 6.31. The van der Waals surface area contributed by atoms with Gasteiger partial charge >= 0.3 is 0 Å². The number of rotatable bonds is 4. The number of nitrogens with zero attached hydrogens (tertiary/aromatic N) is 2. The van der Waals surface area contributed by atoms with Gasteiger partial charge in [-0.1, -0.05) is 0 Å². The molecule has 0 bridgehead atoms. The smallest absolute Gasteiger partial charge is 0.119 e. The van der Waals surface area contributed by atoms with Crippen molar-refractivity contribution >= 4 is 30.5 Å². The molecule has 0 aliphatic carbocycles. The molecule has 17 heavy (non-hydrogen) atoms. The van der Waals surface area contributed by atoms with Gasteiger partial charge in [0.15, 0.2) is 0 Å². The Morgan fingerprint density at radius 3 is 2.47 bits per heavy atom. The van der Waals surface area contributed by atoms with E-state index in [0.29, 0.717) is 6.61 Å². The van der Waals surface area contributed by atoms with Crippen molar-refractivity contribution in [1.29, 1.82) is 0 Å². The molecular formula is C11H15Cl2N3O. The predicted molar refractivity (Wildman–Crippen MR) is 73.1 cm³/mol. The first kappa shape index (κ1) is 15.6. The van der Waals surface area contributed by atoms with Crippen molar-refractivity contribution in [3.8, 4) is 5.75 Å². The van der Waals surface area contributed by atoms with E-state index in [-0.39, 0.29) is 24.8 Å². The van der Waals surface area contributed by atoms with E-state index in [1.807, 2.05) is 35.0 Å². The molecule has 2 N–H and O–H groups in total. The Morgan fingerprint density at radius 2 is 1.88 bits per heavy atom. The first-order valence-electron chi connectivity index (χ1n) is 4.79. The first-order valence-corrected chi connectivity index (χ1v) is 4.79. The summed E-state index contributed by atoms with van der Waals surface area (Å²) in [5.74, 6) is 0.837. The van der Waals surface area contributed by atoms with Gasteiger partial charge in [0.1, 0.15) is 12.4 Å². The second-order valence-electron chi connectivity index (χ2n) is 3.22. The lowest BCUT2D eigenvalue weighted by Gasteiger charge is -2.06. The van der Waals surface area contributed by atoms with Crippen molar-refractivity contribution in [2.24, 2.45) is 0 Å². The third kappa shape index (κ3) is 4.97. The lowest BCUT2D eigenvalue weighted by molar-refractivity contribution is 0.298. The zero-order chi connectivity index (χ0) is 10.5. The monoisotopic (exact) mass is 275 g/mol. The van der Waals surface area contributed by atoms with Crippen LogP contribution in [0.1, 0.15) is 0 Å². The van der Waals surface area contributed by atoms with Crippen LogP contribution < -0.4 is 10.5 Å². The van der Waals surface area contributed by atoms with Gasteiger partial charge in [0.2, 0.25) is 0 Å². The van der Waals surface area contributed by atoms with E-state index in [9.17, 15) is 0 Å². The van der Waals surface area contributed by atoms with Gasteiger partial charge < -0.3 is 15.0 Å². The van der Waals surface area contributed by atoms with E-state index in [1.165, 1.54) is 0 Å². The lowest BCUT2D eigenvalue weighted by Crippen LogP contribution is -2.06. The summed E-state index contributed by atoms with van der Waals surface area (Å²) in [5, 5.41) is 0. The molecule has 6 heteroatoms. The number of hydrogen-bond acceptors (Lipinski definition) is 3. The third-order valence-electron chi connectivity index (χ3n) is 2.06. The Kier molecular flexibility index (Phi) is 7.18. The standard InChI is InChI=1S/C11H13N3O.2ClH/c12-10-1-3-11(4-2-10)15-8-7-14-6-5-13-9-14;;/h1-6,9H,7-8,12H2;2*1H. The fraction of sp³-hybridized carbons (Fsp3) is 0.182. The number of hydrogen-bond donors (Lipinski definition) is 1. The summed E-state index contributed by atoms with van der Waals surface area (Å²) < 4.78 is 7.50. The fourth-order valence-electron chi connectivity index (χ4n) is 1.25. The Labute approximate surface area is 113 Å². The van der Waals surface area contributed by atoms with Crippen LogP contribution >= 0.6 is 24.8 Å². The molecule has 0 radical (unpaired) electrons. The Hall–Kier alpha value is -1.39. The molecule has 1 aromatic heterocycles. The normalized spacial score (nSPS) is 8.94. The topological polar surface area (TPSA) is 53.1 Å². The van der Waals surface area contributed by atoms with Gasteiger partial charge in [-0.2, -0.15) is 0 Å². The maximum atomic E-state index is 5.56. The van der Waals surface area contributed by atoms with Crippen LogP contribution in [-0.4, -0.2) is 16.2 Å². The SMILES string of the molecule is Cl.Cl.Nc1ccc(OCCn2ccnc2)cc1. The van der Waals surface area contributed by atoms with Crippen molar-refractivity contribution in [2.75, 3.05) is 12.3 Å². The van der Waals surface area contributed by atoms with Crippen molar-refractivity contribution < 1.29 is 4.74 Å². The molecule has 0 unspecified atom stereocenters. The molecule has 2 rings (SSSR count). The highest BCUT2D eigenvalue weighted by atomic mass is 35.5. The van der Waals surface area contributed by atoms with Crippen LogP contribution in [0.2, 0.25) is 0 Å². The summed E-state index contributed by atoms with van der Waals surface area (Å²) in [7, 11) is 0. The average molecular weight is 276 g/mol. The average Bonchev–Trinajstić information content (AvgIpc) is 2.74. The molecule has 0 fully saturated rings. The van der Waals surface area contributed by atoms with E-state index >= 15 is 0 Å². The molecule has 1 heterocycles. The Morgan fingerprint density at radius 1 is 1.18 bits per heavy atom. The van der Waals surface area contributed by atoms with Gasteiger partial charge in [0, 0.05) is 18.1 Å². The maximum Gasteiger partial charge on any atom is 0.119 e. The number of imidazole rings is 1. The van der Waals surface area contributed by atoms with Crippen molar-refractivity contribution in [1.82, 2.24) is 9.55 Å². The van der Waals surface area contributed by atoms with Crippen LogP contribution in [0.3, 0.4) is 0 Å². The molecule has 0 aliphatic rings. The lowest BCUT2D eigenvalue weighted by atomic mass is 10.3. The minimum atomic E-state index is 0. The van der Waals surface area contributed by atoms with Crippen LogP contribution in [0, 0.1) is 0 Å². The van der Waals surface area contributed by atoms with Gasteiger partial charge in [-0.05, 0) is 24.3 Å². The van der Waals surface area contributed by atoms with Gasteiger partial charge in [-0.3, -0.25) is 0 Å². The third-order valence-corrected chi connectivity index (χ3v) is 2.06. The number of benzene rings is 1. The van der Waals surface area contributed by atoms with E-state index in [4.69, 9.17) is 10.5 Å². The molecule has 0 spiro atoms. The van der Waals surface area contributed by atoms with Crippen LogP contribution in [0.4, 0.5) is 5.69 Å². The zero-order valence-corrected chi connectivity index (χ0v) is 10.8. The maximum absolute atomic E-state index is 5.56. The molecule has 1 aromatic carbocycles. The highest BCUT2D eigenvalue weighted by Crippen LogP contribution is 2.12. The van der Waals surface area contributed by atoms with Crippen LogP contribution in [0.25, 0.3) is 0 Å². The predicted octanol–water partition coefficient (Wildman–Crippen LogP) is 2.39. The number of nitrogen functional groups attached to an aromatic ring is 1. The Balaban J connectivity index is 0.00000128. The summed E-state index contributed by atoms with van der Waals surface area (Å²) >= 11 is 0. The Bertz CT molecular complexity index is 403. The van der Waals surface area contributed by atoms with Gasteiger partial charge in [-0.25, -0.2) is 4.98 Å². The molecule has 2 aromatic rings. The highest BCUT2D eigenvalue weighted by Gasteiger charge is 1.93. The molecular weight excluding hydrogens is 261 g/mol. The van der Waals surface area contributed by atoms with Gasteiger partial charge in [0.05, 0.1) is 12.9 Å². The summed E-state index contributed by atoms with van der Waals surface area (Å²) in [6, 6.07) is 7.38. The molecule has 0 amide bonds. The van der Waals surface area contributed by atoms with E-state index in [2.05, 4.69) is 4.98 Å². The van der Waals surface area contributed by atoms with E-state index in [1.54, 1.807) is 12.5 Å². The van der Waals surface area contributed by atoms with E-state index in [0.717, 1.165) is 18.0 Å². The molecule has 0 aliphatic heterocycles. The van der Waals surface area contributed by atoms with Crippen LogP contribution in [0.5, 0.6) is 5.75 Å². The van der Waals surface area contributed by atoms with Gasteiger partial charge in [0.25, 0.3) is 0 Å². The summed E-state index contributed by atoms with van der Waals surface area (Å²) in [4.78, 5) is 3.95. The van der Waals surface area contributed by atoms with Crippen molar-refractivity contribution in [3.05, 3.63) is 43.0 Å². The van der Waals surface area contributed by atoms with E-state index < -0.39 is 0 Å². The quantitative estimate of drug-likeness (QED) is 0.872. The number of halogens is 2. The summed E-state index contributed by atoms with van der Waals surface area (Å²) in [6.45, 7) is 1.42. The zero-order valence-electron chi connectivity index (χ0n) is 9.15. The minimum absolute atomic E-state index is 0. The molecule has 0 atom stereocenters. The summed E-state index contributed by atoms with van der Waals surface area (Å²) in [6.07, 6.45) is 5.43. The van der Waals surface area contributed by atoms with Crippen molar-refractivity contribution in [3.63, 3.8) is 0 Å². The number of aromatic nitrogens is 2. The first-order chi connectivity index (χ1) is 7.34. The van der Waals surface area contributed by atoms with Gasteiger partial charge in [-0.15, -0.1) is 24.8 Å². The number of ether oxygens (including phenoxy) is 1.